The van der Waals surface area contributed by atoms with E-state index in [0.717, 1.165) is 11.3 Å². The molecule has 24 heavy (non-hydrogen) atoms. The lowest BCUT2D eigenvalue weighted by Crippen LogP contribution is -2.29. The summed E-state index contributed by atoms with van der Waals surface area (Å²) in [7, 11) is 1.55. The third-order valence-electron chi connectivity index (χ3n) is 4.23. The molecule has 2 aromatic rings. The number of pyridine rings is 1. The van der Waals surface area contributed by atoms with Crippen LogP contribution in [0.15, 0.2) is 60.4 Å². The van der Waals surface area contributed by atoms with Gasteiger partial charge in [0.2, 0.25) is 5.88 Å². The number of benzene rings is 1. The quantitative estimate of drug-likeness (QED) is 0.846. The first-order chi connectivity index (χ1) is 11.7. The number of hydrogen-bond acceptors (Lipinski definition) is 5. The van der Waals surface area contributed by atoms with Crippen molar-refractivity contribution in [1.29, 1.82) is 0 Å². The summed E-state index contributed by atoms with van der Waals surface area (Å²) >= 11 is 0. The first-order valence-electron chi connectivity index (χ1n) is 7.90. The van der Waals surface area contributed by atoms with Crippen LogP contribution in [0.4, 0.5) is 5.69 Å². The van der Waals surface area contributed by atoms with Crippen molar-refractivity contribution in [2.45, 2.75) is 24.9 Å². The predicted octanol–water partition coefficient (Wildman–Crippen LogP) is 2.89. The lowest BCUT2D eigenvalue weighted by molar-refractivity contribution is -0.118. The Morgan fingerprint density at radius 1 is 1.25 bits per heavy atom. The second-order valence-electron chi connectivity index (χ2n) is 5.82. The molecule has 3 rings (SSSR count). The van der Waals surface area contributed by atoms with Crippen LogP contribution in [-0.4, -0.2) is 29.1 Å². The van der Waals surface area contributed by atoms with E-state index in [-0.39, 0.29) is 11.7 Å². The van der Waals surface area contributed by atoms with Crippen molar-refractivity contribution in [3.63, 3.8) is 0 Å². The highest BCUT2D eigenvalue weighted by Crippen LogP contribution is 2.33. The molecule has 0 amide bonds. The normalized spacial score (nSPS) is 22.4. The van der Waals surface area contributed by atoms with Gasteiger partial charge in [-0.25, -0.2) is 4.98 Å². The van der Waals surface area contributed by atoms with Crippen LogP contribution in [0.2, 0.25) is 0 Å². The standard InChI is InChI=1S/C19H20N2O3/c1-24-19-8-7-15(11-21-19)20-12-16-17(22)9-14(10-18(16)23)13-5-3-2-4-6-13/h2-8,11-12,14,17,20,22H,9-10H2,1H3/b16-12+. The van der Waals surface area contributed by atoms with Crippen molar-refractivity contribution < 1.29 is 14.6 Å². The van der Waals surface area contributed by atoms with Gasteiger partial charge in [-0.15, -0.1) is 0 Å². The maximum atomic E-state index is 12.4. The number of nitrogens with zero attached hydrogens (tertiary/aromatic N) is 1. The highest BCUT2D eigenvalue weighted by molar-refractivity contribution is 5.98. The van der Waals surface area contributed by atoms with E-state index in [1.807, 2.05) is 30.3 Å². The molecule has 0 radical (unpaired) electrons. The van der Waals surface area contributed by atoms with Gasteiger partial charge in [0.25, 0.3) is 0 Å². The Morgan fingerprint density at radius 3 is 2.67 bits per heavy atom. The summed E-state index contributed by atoms with van der Waals surface area (Å²) in [5.74, 6) is 0.553. The van der Waals surface area contributed by atoms with Gasteiger partial charge >= 0.3 is 0 Å². The molecule has 5 heteroatoms. The number of carbonyl (C=O) groups excluding carboxylic acids is 1. The third kappa shape index (κ3) is 3.63. The van der Waals surface area contributed by atoms with Gasteiger partial charge in [-0.3, -0.25) is 4.79 Å². The largest absolute Gasteiger partial charge is 0.481 e. The van der Waals surface area contributed by atoms with E-state index < -0.39 is 6.10 Å². The second kappa shape index (κ2) is 7.27. The molecule has 1 heterocycles. The molecule has 0 saturated heterocycles. The SMILES string of the molecule is COc1ccc(N/C=C2/C(=O)CC(c3ccccc3)CC2O)cn1. The predicted molar refractivity (Wildman–Crippen MR) is 91.9 cm³/mol. The third-order valence-corrected chi connectivity index (χ3v) is 4.23. The van der Waals surface area contributed by atoms with E-state index in [0.29, 0.717) is 24.3 Å². The Morgan fingerprint density at radius 2 is 2.04 bits per heavy atom. The number of hydrogen-bond donors (Lipinski definition) is 2. The molecule has 1 aliphatic rings. The number of aliphatic hydroxyl groups is 1. The Balaban J connectivity index is 1.69. The van der Waals surface area contributed by atoms with Gasteiger partial charge in [-0.05, 0) is 24.0 Å². The van der Waals surface area contributed by atoms with Crippen LogP contribution in [0.25, 0.3) is 0 Å². The van der Waals surface area contributed by atoms with Crippen LogP contribution in [0.1, 0.15) is 24.3 Å². The van der Waals surface area contributed by atoms with Gasteiger partial charge in [0.15, 0.2) is 5.78 Å². The number of aromatic nitrogens is 1. The Hall–Kier alpha value is -2.66. The summed E-state index contributed by atoms with van der Waals surface area (Å²) in [6.07, 6.45) is 3.38. The number of ether oxygens (including phenoxy) is 1. The van der Waals surface area contributed by atoms with E-state index >= 15 is 0 Å². The summed E-state index contributed by atoms with van der Waals surface area (Å²) in [4.78, 5) is 16.5. The molecule has 0 aliphatic heterocycles. The van der Waals surface area contributed by atoms with Crippen molar-refractivity contribution in [3.8, 4) is 5.88 Å². The Kier molecular flexibility index (Phi) is 4.91. The number of aliphatic hydroxyl groups excluding tert-OH is 1. The van der Waals surface area contributed by atoms with E-state index in [1.54, 1.807) is 31.6 Å². The minimum Gasteiger partial charge on any atom is -0.481 e. The molecule has 2 unspecified atom stereocenters. The molecular formula is C19H20N2O3. The van der Waals surface area contributed by atoms with Gasteiger partial charge in [0, 0.05) is 24.3 Å². The lowest BCUT2D eigenvalue weighted by Gasteiger charge is -2.27. The zero-order valence-electron chi connectivity index (χ0n) is 13.5. The average molecular weight is 324 g/mol. The molecule has 1 saturated carbocycles. The molecule has 2 N–H and O–H groups in total. The number of rotatable bonds is 4. The average Bonchev–Trinajstić information content (AvgIpc) is 2.62. The van der Waals surface area contributed by atoms with E-state index in [9.17, 15) is 9.90 Å². The highest BCUT2D eigenvalue weighted by Gasteiger charge is 2.31. The fourth-order valence-electron chi connectivity index (χ4n) is 2.91. The van der Waals surface area contributed by atoms with Crippen molar-refractivity contribution in [3.05, 3.63) is 66.0 Å². The van der Waals surface area contributed by atoms with Crippen LogP contribution in [0, 0.1) is 0 Å². The van der Waals surface area contributed by atoms with Crippen molar-refractivity contribution in [2.75, 3.05) is 12.4 Å². The maximum absolute atomic E-state index is 12.4. The fraction of sp³-hybridized carbons (Fsp3) is 0.263. The highest BCUT2D eigenvalue weighted by atomic mass is 16.5. The number of nitrogens with one attached hydrogen (secondary N) is 1. The zero-order valence-corrected chi connectivity index (χ0v) is 13.5. The monoisotopic (exact) mass is 324 g/mol. The minimum absolute atomic E-state index is 0.0310. The number of carbonyl (C=O) groups is 1. The van der Waals surface area contributed by atoms with E-state index in [2.05, 4.69) is 10.3 Å². The van der Waals surface area contributed by atoms with Crippen molar-refractivity contribution in [2.24, 2.45) is 0 Å². The van der Waals surface area contributed by atoms with Gasteiger partial charge in [-0.2, -0.15) is 0 Å². The Bertz CT molecular complexity index is 726. The van der Waals surface area contributed by atoms with Crippen LogP contribution in [-0.2, 0) is 4.79 Å². The fourth-order valence-corrected chi connectivity index (χ4v) is 2.91. The zero-order chi connectivity index (χ0) is 16.9. The molecule has 0 spiro atoms. The number of ketones is 1. The molecule has 1 aromatic carbocycles. The number of Topliss-reactive ketones (excluding diaryl/α,β-unsaturated/α-hetero) is 1. The molecule has 1 fully saturated rings. The molecule has 0 bridgehead atoms. The van der Waals surface area contributed by atoms with Crippen LogP contribution < -0.4 is 10.1 Å². The topological polar surface area (TPSA) is 71.5 Å². The second-order valence-corrected chi connectivity index (χ2v) is 5.82. The maximum Gasteiger partial charge on any atom is 0.213 e. The molecule has 2 atom stereocenters. The van der Waals surface area contributed by atoms with E-state index in [1.165, 1.54) is 0 Å². The minimum atomic E-state index is -0.768. The molecular weight excluding hydrogens is 304 g/mol. The van der Waals surface area contributed by atoms with Gasteiger partial charge in [0.1, 0.15) is 0 Å². The van der Waals surface area contributed by atoms with Gasteiger partial charge in [-0.1, -0.05) is 30.3 Å². The van der Waals surface area contributed by atoms with Crippen molar-refractivity contribution in [1.82, 2.24) is 4.98 Å². The summed E-state index contributed by atoms with van der Waals surface area (Å²) in [6, 6.07) is 13.4. The molecule has 124 valence electrons. The lowest BCUT2D eigenvalue weighted by atomic mass is 9.79. The molecule has 1 aromatic heterocycles. The molecule has 1 aliphatic carbocycles. The van der Waals surface area contributed by atoms with Crippen LogP contribution >= 0.6 is 0 Å². The smallest absolute Gasteiger partial charge is 0.213 e. The Labute approximate surface area is 141 Å². The summed E-state index contributed by atoms with van der Waals surface area (Å²) in [5.41, 5.74) is 2.24. The number of methoxy groups -OCH3 is 1. The first-order valence-corrected chi connectivity index (χ1v) is 7.90. The molecule has 5 nitrogen and oxygen atoms in total. The first kappa shape index (κ1) is 16.2. The number of anilines is 1. The van der Waals surface area contributed by atoms with E-state index in [4.69, 9.17) is 4.74 Å². The summed E-state index contributed by atoms with van der Waals surface area (Å²) in [6.45, 7) is 0. The van der Waals surface area contributed by atoms with Crippen LogP contribution in [0.3, 0.4) is 0 Å². The van der Waals surface area contributed by atoms with Gasteiger partial charge in [0.05, 0.1) is 25.1 Å². The summed E-state index contributed by atoms with van der Waals surface area (Å²) in [5, 5.41) is 13.4. The summed E-state index contributed by atoms with van der Waals surface area (Å²) < 4.78 is 5.00. The van der Waals surface area contributed by atoms with Crippen molar-refractivity contribution >= 4 is 11.5 Å². The van der Waals surface area contributed by atoms with Gasteiger partial charge < -0.3 is 15.2 Å². The van der Waals surface area contributed by atoms with Crippen LogP contribution in [0.5, 0.6) is 5.88 Å².